The van der Waals surface area contributed by atoms with Gasteiger partial charge in [0.15, 0.2) is 0 Å². The minimum atomic E-state index is -3.17. The van der Waals surface area contributed by atoms with Crippen LogP contribution in [0.4, 0.5) is 0 Å². The number of piperidine rings is 1. The van der Waals surface area contributed by atoms with Gasteiger partial charge >= 0.3 is 5.97 Å². The van der Waals surface area contributed by atoms with Gasteiger partial charge in [-0.1, -0.05) is 13.8 Å². The van der Waals surface area contributed by atoms with E-state index in [1.54, 1.807) is 4.31 Å². The van der Waals surface area contributed by atoms with E-state index in [0.717, 1.165) is 12.8 Å². The van der Waals surface area contributed by atoms with Crippen molar-refractivity contribution in [1.82, 2.24) is 4.31 Å². The monoisotopic (exact) mass is 277 g/mol. The molecule has 1 aliphatic rings. The summed E-state index contributed by atoms with van der Waals surface area (Å²) in [7, 11) is -3.17. The number of hydrogen-bond acceptors (Lipinski definition) is 3. The number of carboxylic acid groups (broad SMARTS) is 1. The Bertz CT molecular complexity index is 378. The predicted molar refractivity (Wildman–Crippen MR) is 69.8 cm³/mol. The quantitative estimate of drug-likeness (QED) is 0.799. The third kappa shape index (κ3) is 4.94. The maximum absolute atomic E-state index is 12.1. The van der Waals surface area contributed by atoms with Crippen molar-refractivity contribution >= 4 is 16.0 Å². The Morgan fingerprint density at radius 2 is 2.11 bits per heavy atom. The summed E-state index contributed by atoms with van der Waals surface area (Å²) in [5, 5.41) is 8.66. The first-order chi connectivity index (χ1) is 8.31. The molecule has 18 heavy (non-hydrogen) atoms. The first-order valence-corrected chi connectivity index (χ1v) is 8.12. The molecule has 5 nitrogen and oxygen atoms in total. The summed E-state index contributed by atoms with van der Waals surface area (Å²) in [5.41, 5.74) is 0. The van der Waals surface area contributed by atoms with Crippen LogP contribution in [0.25, 0.3) is 0 Å². The van der Waals surface area contributed by atoms with Gasteiger partial charge in [0.25, 0.3) is 0 Å². The second-order valence-electron chi connectivity index (χ2n) is 5.47. The van der Waals surface area contributed by atoms with Crippen LogP contribution in [0.3, 0.4) is 0 Å². The molecule has 0 aromatic rings. The third-order valence-electron chi connectivity index (χ3n) is 3.19. The minimum Gasteiger partial charge on any atom is -0.481 e. The molecule has 1 heterocycles. The van der Waals surface area contributed by atoms with E-state index in [1.807, 2.05) is 13.8 Å². The fourth-order valence-electron chi connectivity index (χ4n) is 2.37. The average Bonchev–Trinajstić information content (AvgIpc) is 2.25. The van der Waals surface area contributed by atoms with Crippen LogP contribution in [0.2, 0.25) is 0 Å². The summed E-state index contributed by atoms with van der Waals surface area (Å²) in [6.45, 7) is 4.85. The number of aliphatic carboxylic acids is 1. The zero-order chi connectivity index (χ0) is 13.8. The topological polar surface area (TPSA) is 74.7 Å². The molecule has 1 aliphatic heterocycles. The van der Waals surface area contributed by atoms with E-state index in [1.165, 1.54) is 0 Å². The number of rotatable bonds is 6. The van der Waals surface area contributed by atoms with Gasteiger partial charge in [-0.15, -0.1) is 0 Å². The minimum absolute atomic E-state index is 0.120. The highest BCUT2D eigenvalue weighted by Crippen LogP contribution is 2.23. The Morgan fingerprint density at radius 1 is 1.44 bits per heavy atom. The van der Waals surface area contributed by atoms with Gasteiger partial charge in [-0.3, -0.25) is 4.79 Å². The van der Waals surface area contributed by atoms with Gasteiger partial charge in [-0.2, -0.15) is 0 Å². The molecule has 1 unspecified atom stereocenters. The Labute approximate surface area is 109 Å². The summed E-state index contributed by atoms with van der Waals surface area (Å²) in [6.07, 6.45) is 2.47. The number of carboxylic acids is 1. The fraction of sp³-hybridized carbons (Fsp3) is 0.917. The number of nitrogens with zero attached hydrogens (tertiary/aromatic N) is 1. The zero-order valence-corrected chi connectivity index (χ0v) is 11.9. The highest BCUT2D eigenvalue weighted by molar-refractivity contribution is 7.89. The van der Waals surface area contributed by atoms with Crippen molar-refractivity contribution in [1.29, 1.82) is 0 Å². The van der Waals surface area contributed by atoms with Gasteiger partial charge in [-0.05, 0) is 31.1 Å². The molecule has 0 aliphatic carbocycles. The Morgan fingerprint density at radius 3 is 2.67 bits per heavy atom. The molecule has 0 radical (unpaired) electrons. The maximum Gasteiger partial charge on any atom is 0.303 e. The van der Waals surface area contributed by atoms with Crippen molar-refractivity contribution in [3.63, 3.8) is 0 Å². The third-order valence-corrected chi connectivity index (χ3v) is 5.39. The average molecular weight is 277 g/mol. The van der Waals surface area contributed by atoms with Gasteiger partial charge in [0.2, 0.25) is 10.0 Å². The lowest BCUT2D eigenvalue weighted by Gasteiger charge is -2.32. The summed E-state index contributed by atoms with van der Waals surface area (Å²) < 4.78 is 25.7. The molecular formula is C12H23NO4S. The second kappa shape index (κ2) is 6.52. The van der Waals surface area contributed by atoms with E-state index in [4.69, 9.17) is 5.11 Å². The van der Waals surface area contributed by atoms with Crippen LogP contribution in [-0.2, 0) is 14.8 Å². The lowest BCUT2D eigenvalue weighted by atomic mass is 9.95. The number of carbonyl (C=O) groups is 1. The molecule has 0 bridgehead atoms. The first kappa shape index (κ1) is 15.4. The van der Waals surface area contributed by atoms with Crippen molar-refractivity contribution in [2.75, 3.05) is 18.8 Å². The maximum atomic E-state index is 12.1. The number of sulfonamides is 1. The van der Waals surface area contributed by atoms with E-state index < -0.39 is 16.0 Å². The Hall–Kier alpha value is -0.620. The molecule has 1 saturated heterocycles. The van der Waals surface area contributed by atoms with Gasteiger partial charge < -0.3 is 5.11 Å². The van der Waals surface area contributed by atoms with Crippen LogP contribution < -0.4 is 0 Å². The van der Waals surface area contributed by atoms with Gasteiger partial charge in [0.1, 0.15) is 0 Å². The van der Waals surface area contributed by atoms with Crippen LogP contribution in [0.15, 0.2) is 0 Å². The van der Waals surface area contributed by atoms with Crippen LogP contribution in [-0.4, -0.2) is 42.6 Å². The summed E-state index contributed by atoms with van der Waals surface area (Å²) in [5.74, 6) is -0.318. The fourth-order valence-corrected chi connectivity index (χ4v) is 4.27. The molecule has 0 aromatic heterocycles. The normalized spacial score (nSPS) is 22.3. The molecule has 0 saturated carbocycles. The molecule has 106 valence electrons. The summed E-state index contributed by atoms with van der Waals surface area (Å²) in [4.78, 5) is 10.5. The largest absolute Gasteiger partial charge is 0.481 e. The highest BCUT2D eigenvalue weighted by atomic mass is 32.2. The zero-order valence-electron chi connectivity index (χ0n) is 11.1. The number of hydrogen-bond donors (Lipinski definition) is 1. The van der Waals surface area contributed by atoms with Crippen molar-refractivity contribution in [2.24, 2.45) is 11.8 Å². The van der Waals surface area contributed by atoms with Crippen molar-refractivity contribution in [2.45, 2.75) is 39.5 Å². The molecule has 0 spiro atoms. The van der Waals surface area contributed by atoms with Crippen LogP contribution in [0.1, 0.15) is 39.5 Å². The lowest BCUT2D eigenvalue weighted by molar-refractivity contribution is -0.137. The lowest BCUT2D eigenvalue weighted by Crippen LogP contribution is -2.41. The molecule has 6 heteroatoms. The van der Waals surface area contributed by atoms with Crippen LogP contribution >= 0.6 is 0 Å². The standard InChI is InChI=1S/C12H23NO4S/c1-10(2)9-18(16,17)13-7-3-4-11(8-13)5-6-12(14)15/h10-11H,3-9H2,1-2H3,(H,14,15). The smallest absolute Gasteiger partial charge is 0.303 e. The molecule has 1 N–H and O–H groups in total. The van der Waals surface area contributed by atoms with Crippen LogP contribution in [0.5, 0.6) is 0 Å². The summed E-state index contributed by atoms with van der Waals surface area (Å²) >= 11 is 0. The van der Waals surface area contributed by atoms with Crippen molar-refractivity contribution in [3.8, 4) is 0 Å². The van der Waals surface area contributed by atoms with Gasteiger partial charge in [-0.25, -0.2) is 12.7 Å². The van der Waals surface area contributed by atoms with E-state index in [9.17, 15) is 13.2 Å². The first-order valence-electron chi connectivity index (χ1n) is 6.51. The molecule has 0 aromatic carbocycles. The van der Waals surface area contributed by atoms with E-state index in [-0.39, 0.29) is 24.0 Å². The summed E-state index contributed by atoms with van der Waals surface area (Å²) in [6, 6.07) is 0. The van der Waals surface area contributed by atoms with E-state index in [0.29, 0.717) is 19.5 Å². The van der Waals surface area contributed by atoms with Gasteiger partial charge in [0.05, 0.1) is 5.75 Å². The van der Waals surface area contributed by atoms with E-state index >= 15 is 0 Å². The SMILES string of the molecule is CC(C)CS(=O)(=O)N1CCCC(CCC(=O)O)C1. The Kier molecular flexibility index (Phi) is 5.59. The van der Waals surface area contributed by atoms with Crippen molar-refractivity contribution in [3.05, 3.63) is 0 Å². The molecule has 1 fully saturated rings. The molecular weight excluding hydrogens is 254 g/mol. The van der Waals surface area contributed by atoms with Gasteiger partial charge in [0, 0.05) is 19.5 Å². The highest BCUT2D eigenvalue weighted by Gasteiger charge is 2.29. The second-order valence-corrected chi connectivity index (χ2v) is 7.48. The van der Waals surface area contributed by atoms with Crippen LogP contribution in [0, 0.1) is 11.8 Å². The Balaban J connectivity index is 2.55. The molecule has 1 atom stereocenters. The predicted octanol–water partition coefficient (Wildman–Crippen LogP) is 1.55. The molecule has 1 rings (SSSR count). The molecule has 0 amide bonds. The van der Waals surface area contributed by atoms with Crippen molar-refractivity contribution < 1.29 is 18.3 Å². The van der Waals surface area contributed by atoms with E-state index in [2.05, 4.69) is 0 Å².